The first kappa shape index (κ1) is 11.4. The molecule has 0 saturated carbocycles. The monoisotopic (exact) mass is 238 g/mol. The maximum atomic E-state index is 4.09. The van der Waals surface area contributed by atoms with Crippen LogP contribution in [0.2, 0.25) is 0 Å². The molecule has 2 nitrogen and oxygen atoms in total. The van der Waals surface area contributed by atoms with E-state index in [4.69, 9.17) is 0 Å². The highest BCUT2D eigenvalue weighted by molar-refractivity contribution is 5.29. The summed E-state index contributed by atoms with van der Waals surface area (Å²) < 4.78 is 0. The molecule has 1 aliphatic rings. The van der Waals surface area contributed by atoms with Gasteiger partial charge in [0.1, 0.15) is 0 Å². The fraction of sp³-hybridized carbons (Fsp3) is 0.312. The number of fused-ring (bicyclic) bond motifs is 1. The largest absolute Gasteiger partial charge is 0.292 e. The van der Waals surface area contributed by atoms with Crippen molar-refractivity contribution in [1.29, 1.82) is 0 Å². The molecule has 0 radical (unpaired) electrons. The Hall–Kier alpha value is -1.67. The molecule has 0 amide bonds. The van der Waals surface area contributed by atoms with Crippen LogP contribution in [-0.4, -0.2) is 16.4 Å². The lowest BCUT2D eigenvalue weighted by Gasteiger charge is -2.33. The summed E-state index contributed by atoms with van der Waals surface area (Å²) in [5.74, 6) is 0. The molecule has 0 saturated heterocycles. The molecule has 1 aliphatic heterocycles. The van der Waals surface area contributed by atoms with Crippen LogP contribution in [-0.2, 0) is 13.0 Å². The maximum absolute atomic E-state index is 4.09. The molecular formula is C16H18N2. The van der Waals surface area contributed by atoms with Crippen molar-refractivity contribution in [2.75, 3.05) is 6.54 Å². The van der Waals surface area contributed by atoms with Crippen LogP contribution < -0.4 is 0 Å². The van der Waals surface area contributed by atoms with E-state index in [9.17, 15) is 0 Å². The van der Waals surface area contributed by atoms with Gasteiger partial charge in [0, 0.05) is 31.5 Å². The molecular weight excluding hydrogens is 220 g/mol. The minimum atomic E-state index is 0.460. The highest BCUT2D eigenvalue weighted by Gasteiger charge is 2.21. The number of benzene rings is 1. The van der Waals surface area contributed by atoms with E-state index >= 15 is 0 Å². The Bertz CT molecular complexity index is 522. The summed E-state index contributed by atoms with van der Waals surface area (Å²) in [7, 11) is 0. The molecule has 2 heterocycles. The van der Waals surface area contributed by atoms with Crippen molar-refractivity contribution in [2.24, 2.45) is 0 Å². The fourth-order valence-electron chi connectivity index (χ4n) is 2.70. The summed E-state index contributed by atoms with van der Waals surface area (Å²) in [6.07, 6.45) is 4.92. The third-order valence-electron chi connectivity index (χ3n) is 3.90. The summed E-state index contributed by atoms with van der Waals surface area (Å²) in [5.41, 5.74) is 4.34. The van der Waals surface area contributed by atoms with Crippen LogP contribution in [0, 0.1) is 0 Å². The van der Waals surface area contributed by atoms with Crippen molar-refractivity contribution in [3.63, 3.8) is 0 Å². The van der Waals surface area contributed by atoms with Gasteiger partial charge in [0.2, 0.25) is 0 Å². The fourth-order valence-corrected chi connectivity index (χ4v) is 2.70. The lowest BCUT2D eigenvalue weighted by Crippen LogP contribution is -2.32. The van der Waals surface area contributed by atoms with Gasteiger partial charge in [-0.05, 0) is 42.2 Å². The number of hydrogen-bond donors (Lipinski definition) is 0. The summed E-state index contributed by atoms with van der Waals surface area (Å²) >= 11 is 0. The molecule has 1 aromatic carbocycles. The highest BCUT2D eigenvalue weighted by atomic mass is 15.2. The van der Waals surface area contributed by atoms with Crippen LogP contribution in [0.1, 0.15) is 29.7 Å². The first-order valence-electron chi connectivity index (χ1n) is 6.55. The molecule has 0 N–H and O–H groups in total. The second kappa shape index (κ2) is 4.91. The Kier molecular flexibility index (Phi) is 3.11. The lowest BCUT2D eigenvalue weighted by molar-refractivity contribution is 0.192. The molecule has 2 heteroatoms. The summed E-state index contributed by atoms with van der Waals surface area (Å²) in [6.45, 7) is 4.48. The van der Waals surface area contributed by atoms with Gasteiger partial charge >= 0.3 is 0 Å². The van der Waals surface area contributed by atoms with E-state index in [1.807, 2.05) is 12.4 Å². The molecule has 1 atom stereocenters. The van der Waals surface area contributed by atoms with Crippen molar-refractivity contribution in [3.05, 3.63) is 65.5 Å². The van der Waals surface area contributed by atoms with Crippen LogP contribution in [0.5, 0.6) is 0 Å². The number of aromatic nitrogens is 1. The van der Waals surface area contributed by atoms with E-state index in [1.165, 1.54) is 16.7 Å². The van der Waals surface area contributed by atoms with E-state index in [0.29, 0.717) is 6.04 Å². The molecule has 2 aromatic rings. The quantitative estimate of drug-likeness (QED) is 0.798. The molecule has 0 unspecified atom stereocenters. The van der Waals surface area contributed by atoms with Gasteiger partial charge in [-0.15, -0.1) is 0 Å². The predicted octanol–water partition coefficient (Wildman–Crippen LogP) is 3.20. The average Bonchev–Trinajstić information content (AvgIpc) is 2.47. The minimum Gasteiger partial charge on any atom is -0.292 e. The van der Waals surface area contributed by atoms with Crippen molar-refractivity contribution in [3.8, 4) is 0 Å². The highest BCUT2D eigenvalue weighted by Crippen LogP contribution is 2.26. The first-order chi connectivity index (χ1) is 8.84. The third-order valence-corrected chi connectivity index (χ3v) is 3.90. The van der Waals surface area contributed by atoms with Gasteiger partial charge in [-0.2, -0.15) is 0 Å². The van der Waals surface area contributed by atoms with Gasteiger partial charge in [0.15, 0.2) is 0 Å². The summed E-state index contributed by atoms with van der Waals surface area (Å²) in [5, 5.41) is 0. The van der Waals surface area contributed by atoms with Crippen molar-refractivity contribution in [2.45, 2.75) is 25.9 Å². The SMILES string of the molecule is C[C@@H](c1ccncc1)N1CCc2ccccc2C1. The zero-order chi connectivity index (χ0) is 12.4. The number of nitrogens with zero attached hydrogens (tertiary/aromatic N) is 2. The topological polar surface area (TPSA) is 16.1 Å². The molecule has 1 aromatic heterocycles. The van der Waals surface area contributed by atoms with Crippen LogP contribution in [0.4, 0.5) is 0 Å². The van der Waals surface area contributed by atoms with E-state index in [0.717, 1.165) is 19.5 Å². The predicted molar refractivity (Wildman–Crippen MR) is 73.2 cm³/mol. The van der Waals surface area contributed by atoms with Crippen LogP contribution >= 0.6 is 0 Å². The Labute approximate surface area is 108 Å². The van der Waals surface area contributed by atoms with Crippen molar-refractivity contribution < 1.29 is 0 Å². The zero-order valence-electron chi connectivity index (χ0n) is 10.7. The van der Waals surface area contributed by atoms with E-state index in [-0.39, 0.29) is 0 Å². The number of rotatable bonds is 2. The van der Waals surface area contributed by atoms with Gasteiger partial charge in [-0.25, -0.2) is 0 Å². The second-order valence-electron chi connectivity index (χ2n) is 4.95. The molecule has 18 heavy (non-hydrogen) atoms. The van der Waals surface area contributed by atoms with Crippen molar-refractivity contribution in [1.82, 2.24) is 9.88 Å². The first-order valence-corrected chi connectivity index (χ1v) is 6.55. The number of pyridine rings is 1. The number of hydrogen-bond acceptors (Lipinski definition) is 2. The van der Waals surface area contributed by atoms with Crippen LogP contribution in [0.3, 0.4) is 0 Å². The Morgan fingerprint density at radius 1 is 1.06 bits per heavy atom. The molecule has 92 valence electrons. The Morgan fingerprint density at radius 2 is 1.78 bits per heavy atom. The van der Waals surface area contributed by atoms with Gasteiger partial charge in [-0.1, -0.05) is 24.3 Å². The molecule has 0 spiro atoms. The summed E-state index contributed by atoms with van der Waals surface area (Å²) in [6, 6.07) is 13.5. The third kappa shape index (κ3) is 2.16. The van der Waals surface area contributed by atoms with Crippen molar-refractivity contribution >= 4 is 0 Å². The van der Waals surface area contributed by atoms with Gasteiger partial charge in [0.05, 0.1) is 0 Å². The molecule has 0 bridgehead atoms. The smallest absolute Gasteiger partial charge is 0.0324 e. The van der Waals surface area contributed by atoms with E-state index in [2.05, 4.69) is 53.2 Å². The van der Waals surface area contributed by atoms with Crippen LogP contribution in [0.25, 0.3) is 0 Å². The van der Waals surface area contributed by atoms with E-state index < -0.39 is 0 Å². The van der Waals surface area contributed by atoms with Gasteiger partial charge in [-0.3, -0.25) is 9.88 Å². The normalized spacial score (nSPS) is 17.2. The second-order valence-corrected chi connectivity index (χ2v) is 4.95. The van der Waals surface area contributed by atoms with E-state index in [1.54, 1.807) is 0 Å². The molecule has 3 rings (SSSR count). The average molecular weight is 238 g/mol. The Morgan fingerprint density at radius 3 is 2.56 bits per heavy atom. The molecule has 0 aliphatic carbocycles. The minimum absolute atomic E-state index is 0.460. The standard InChI is InChI=1S/C16H18N2/c1-13(14-6-9-17-10-7-14)18-11-8-15-4-2-3-5-16(15)12-18/h2-7,9-10,13H,8,11-12H2,1H3/t13-/m0/s1. The Balaban J connectivity index is 1.80. The maximum Gasteiger partial charge on any atom is 0.0324 e. The zero-order valence-corrected chi connectivity index (χ0v) is 10.7. The molecule has 0 fully saturated rings. The summed E-state index contributed by atoms with van der Waals surface area (Å²) in [4.78, 5) is 6.63. The van der Waals surface area contributed by atoms with Gasteiger partial charge < -0.3 is 0 Å². The lowest BCUT2D eigenvalue weighted by atomic mass is 9.97. The van der Waals surface area contributed by atoms with Gasteiger partial charge in [0.25, 0.3) is 0 Å². The van der Waals surface area contributed by atoms with Crippen LogP contribution in [0.15, 0.2) is 48.8 Å².